The Labute approximate surface area is 234 Å². The highest BCUT2D eigenvalue weighted by atomic mass is 14.3. The Morgan fingerprint density at radius 2 is 0.950 bits per heavy atom. The molecule has 0 aromatic heterocycles. The molecule has 2 atom stereocenters. The zero-order valence-electron chi connectivity index (χ0n) is 22.2. The minimum atomic E-state index is 0.407. The Kier molecular flexibility index (Phi) is 5.38. The van der Waals surface area contributed by atoms with E-state index in [1.807, 2.05) is 0 Å². The molecule has 8 rings (SSSR count). The topological polar surface area (TPSA) is 0 Å². The predicted molar refractivity (Wildman–Crippen MR) is 172 cm³/mol. The maximum atomic E-state index is 2.46. The SMILES string of the molecule is C1=CC2C=CC(c3c4ccccc4c(-c4ccc(-c5ccc6ccccc6c5)cc4)c4ccccc34)=CC2C=C1. The number of hydrogen-bond acceptors (Lipinski definition) is 0. The molecule has 0 spiro atoms. The number of benzene rings is 6. The van der Waals surface area contributed by atoms with Crippen molar-refractivity contribution < 1.29 is 0 Å². The van der Waals surface area contributed by atoms with Gasteiger partial charge in [0.2, 0.25) is 0 Å². The molecule has 0 N–H and O–H groups in total. The maximum absolute atomic E-state index is 2.46. The van der Waals surface area contributed by atoms with E-state index in [4.69, 9.17) is 0 Å². The van der Waals surface area contributed by atoms with E-state index in [1.54, 1.807) is 0 Å². The molecule has 40 heavy (non-hydrogen) atoms. The fraction of sp³-hybridized carbons (Fsp3) is 0.0500. The second-order valence-corrected chi connectivity index (χ2v) is 10.9. The molecule has 0 saturated heterocycles. The molecule has 2 aliphatic rings. The van der Waals surface area contributed by atoms with E-state index in [-0.39, 0.29) is 0 Å². The highest BCUT2D eigenvalue weighted by molar-refractivity contribution is 6.19. The lowest BCUT2D eigenvalue weighted by atomic mass is 9.79. The summed E-state index contributed by atoms with van der Waals surface area (Å²) >= 11 is 0. The Morgan fingerprint density at radius 1 is 0.400 bits per heavy atom. The summed E-state index contributed by atoms with van der Waals surface area (Å²) in [7, 11) is 0. The normalized spacial score (nSPS) is 17.9. The fourth-order valence-corrected chi connectivity index (χ4v) is 6.59. The second-order valence-electron chi connectivity index (χ2n) is 10.9. The van der Waals surface area contributed by atoms with Crippen molar-refractivity contribution in [3.63, 3.8) is 0 Å². The predicted octanol–water partition coefficient (Wildman–Crippen LogP) is 10.8. The summed E-state index contributed by atoms with van der Waals surface area (Å²) < 4.78 is 0. The second kappa shape index (κ2) is 9.36. The summed E-state index contributed by atoms with van der Waals surface area (Å²) in [5.74, 6) is 0.858. The molecule has 6 aromatic rings. The van der Waals surface area contributed by atoms with Crippen molar-refractivity contribution in [1.82, 2.24) is 0 Å². The van der Waals surface area contributed by atoms with Gasteiger partial charge in [0, 0.05) is 11.8 Å². The van der Waals surface area contributed by atoms with Crippen molar-refractivity contribution in [3.8, 4) is 22.3 Å². The van der Waals surface area contributed by atoms with Crippen molar-refractivity contribution in [2.24, 2.45) is 11.8 Å². The molecular weight excluding hydrogens is 480 g/mol. The molecule has 0 amide bonds. The zero-order valence-corrected chi connectivity index (χ0v) is 22.2. The van der Waals surface area contributed by atoms with Crippen molar-refractivity contribution >= 4 is 37.9 Å². The standard InChI is InChI=1S/C40H28/c1-3-11-31-25-33(23-19-27(31)9-1)29-17-21-30(22-18-29)39-35-13-5-7-15-37(35)40(38-16-8-6-14-36(38)39)34-24-20-28-10-2-4-12-32(28)26-34/h1-26,28,32H. The number of allylic oxidation sites excluding steroid dienone is 8. The molecule has 0 aliphatic heterocycles. The van der Waals surface area contributed by atoms with Crippen LogP contribution >= 0.6 is 0 Å². The van der Waals surface area contributed by atoms with Crippen LogP contribution in [0.5, 0.6) is 0 Å². The lowest BCUT2D eigenvalue weighted by Gasteiger charge is -2.25. The summed E-state index contributed by atoms with van der Waals surface area (Å²) in [5, 5.41) is 7.75. The first-order chi connectivity index (χ1) is 19.8. The van der Waals surface area contributed by atoms with Crippen LogP contribution in [0, 0.1) is 11.8 Å². The fourth-order valence-electron chi connectivity index (χ4n) is 6.59. The van der Waals surface area contributed by atoms with Gasteiger partial charge in [-0.1, -0.05) is 152 Å². The van der Waals surface area contributed by atoms with Gasteiger partial charge in [-0.2, -0.15) is 0 Å². The maximum Gasteiger partial charge on any atom is 0.00567 e. The largest absolute Gasteiger partial charge is 0.0767 e. The third-order valence-electron chi connectivity index (χ3n) is 8.57. The van der Waals surface area contributed by atoms with Gasteiger partial charge >= 0.3 is 0 Å². The highest BCUT2D eigenvalue weighted by Crippen LogP contribution is 2.44. The first-order valence-corrected chi connectivity index (χ1v) is 14.1. The molecular formula is C40H28. The average molecular weight is 509 g/mol. The van der Waals surface area contributed by atoms with Crippen LogP contribution < -0.4 is 0 Å². The smallest absolute Gasteiger partial charge is 0.00567 e. The van der Waals surface area contributed by atoms with E-state index >= 15 is 0 Å². The zero-order chi connectivity index (χ0) is 26.5. The summed E-state index contributed by atoms with van der Waals surface area (Å²) in [6.45, 7) is 0. The molecule has 188 valence electrons. The molecule has 2 unspecified atom stereocenters. The molecule has 0 bridgehead atoms. The molecule has 2 aliphatic carbocycles. The van der Waals surface area contributed by atoms with Crippen LogP contribution in [-0.2, 0) is 0 Å². The van der Waals surface area contributed by atoms with E-state index in [0.29, 0.717) is 11.8 Å². The van der Waals surface area contributed by atoms with Gasteiger partial charge in [0.15, 0.2) is 0 Å². The number of hydrogen-bond donors (Lipinski definition) is 0. The monoisotopic (exact) mass is 508 g/mol. The molecule has 0 heteroatoms. The Hall–Kier alpha value is -4.94. The van der Waals surface area contributed by atoms with Crippen molar-refractivity contribution in [1.29, 1.82) is 0 Å². The molecule has 0 heterocycles. The average Bonchev–Trinajstić information content (AvgIpc) is 3.03. The molecule has 0 radical (unpaired) electrons. The van der Waals surface area contributed by atoms with Crippen LogP contribution in [0.2, 0.25) is 0 Å². The first kappa shape index (κ1) is 23.0. The van der Waals surface area contributed by atoms with Gasteiger partial charge in [0.25, 0.3) is 0 Å². The summed E-state index contributed by atoms with van der Waals surface area (Å²) in [5.41, 5.74) is 7.68. The summed E-state index contributed by atoms with van der Waals surface area (Å²) in [4.78, 5) is 0. The number of rotatable bonds is 3. The Balaban J connectivity index is 1.30. The van der Waals surface area contributed by atoms with Crippen LogP contribution in [0.1, 0.15) is 5.56 Å². The van der Waals surface area contributed by atoms with Gasteiger partial charge in [0.1, 0.15) is 0 Å². The van der Waals surface area contributed by atoms with Crippen molar-refractivity contribution in [2.75, 3.05) is 0 Å². The lowest BCUT2D eigenvalue weighted by molar-refractivity contribution is 0.663. The van der Waals surface area contributed by atoms with E-state index in [2.05, 4.69) is 158 Å². The summed E-state index contributed by atoms with van der Waals surface area (Å²) in [6, 6.07) is 42.3. The van der Waals surface area contributed by atoms with Crippen LogP contribution in [0.3, 0.4) is 0 Å². The minimum absolute atomic E-state index is 0.407. The van der Waals surface area contributed by atoms with Crippen LogP contribution in [0.4, 0.5) is 0 Å². The van der Waals surface area contributed by atoms with Crippen LogP contribution in [0.15, 0.2) is 158 Å². The van der Waals surface area contributed by atoms with Gasteiger partial charge in [0.05, 0.1) is 0 Å². The van der Waals surface area contributed by atoms with E-state index in [0.717, 1.165) is 0 Å². The van der Waals surface area contributed by atoms with Crippen molar-refractivity contribution in [2.45, 2.75) is 0 Å². The number of fused-ring (bicyclic) bond motifs is 4. The van der Waals surface area contributed by atoms with Gasteiger partial charge in [-0.3, -0.25) is 0 Å². The van der Waals surface area contributed by atoms with Gasteiger partial charge in [-0.05, 0) is 71.8 Å². The van der Waals surface area contributed by atoms with E-state index in [1.165, 1.54) is 65.7 Å². The minimum Gasteiger partial charge on any atom is -0.0767 e. The van der Waals surface area contributed by atoms with Crippen LogP contribution in [-0.4, -0.2) is 0 Å². The van der Waals surface area contributed by atoms with Gasteiger partial charge < -0.3 is 0 Å². The van der Waals surface area contributed by atoms with Crippen molar-refractivity contribution in [3.05, 3.63) is 163 Å². The summed E-state index contributed by atoms with van der Waals surface area (Å²) in [6.07, 6.45) is 16.1. The quantitative estimate of drug-likeness (QED) is 0.209. The van der Waals surface area contributed by atoms with Crippen LogP contribution in [0.25, 0.3) is 60.1 Å². The third kappa shape index (κ3) is 3.76. The Bertz CT molecular complexity index is 1990. The van der Waals surface area contributed by atoms with Gasteiger partial charge in [-0.25, -0.2) is 0 Å². The molecule has 0 saturated carbocycles. The molecule has 0 fully saturated rings. The Morgan fingerprint density at radius 3 is 1.65 bits per heavy atom. The highest BCUT2D eigenvalue weighted by Gasteiger charge is 2.22. The first-order valence-electron chi connectivity index (χ1n) is 14.1. The van der Waals surface area contributed by atoms with E-state index in [9.17, 15) is 0 Å². The third-order valence-corrected chi connectivity index (χ3v) is 8.57. The molecule has 0 nitrogen and oxygen atoms in total. The lowest BCUT2D eigenvalue weighted by Crippen LogP contribution is -2.11. The van der Waals surface area contributed by atoms with Gasteiger partial charge in [-0.15, -0.1) is 0 Å². The van der Waals surface area contributed by atoms with E-state index < -0.39 is 0 Å². The molecule has 6 aromatic carbocycles.